The molecule has 22 heavy (non-hydrogen) atoms. The number of ether oxygens (including phenoxy) is 2. The Kier molecular flexibility index (Phi) is 5.55. The van der Waals surface area contributed by atoms with E-state index in [2.05, 4.69) is 5.32 Å². The van der Waals surface area contributed by atoms with Crippen molar-refractivity contribution in [3.63, 3.8) is 0 Å². The minimum atomic E-state index is -0.318. The summed E-state index contributed by atoms with van der Waals surface area (Å²) in [4.78, 5) is 12.6. The van der Waals surface area contributed by atoms with Crippen molar-refractivity contribution in [2.24, 2.45) is 0 Å². The first-order valence-electron chi connectivity index (χ1n) is 7.19. The van der Waals surface area contributed by atoms with Gasteiger partial charge in [-0.2, -0.15) is 0 Å². The number of rotatable bonds is 7. The molecule has 1 atom stereocenters. The molecule has 0 saturated carbocycles. The highest BCUT2D eigenvalue weighted by Gasteiger charge is 2.19. The molecule has 0 amide bonds. The fourth-order valence-electron chi connectivity index (χ4n) is 2.20. The lowest BCUT2D eigenvalue weighted by atomic mass is 10.0. The number of hydrogen-bond donors (Lipinski definition) is 1. The van der Waals surface area contributed by atoms with Crippen molar-refractivity contribution < 1.29 is 14.3 Å². The standard InChI is InChI=1S/C18H21NO3/c1-13(19-12-14-7-5-4-6-8-14)18(20)16-11-15(21-2)9-10-17(16)22-3/h4-11,13,19H,12H2,1-3H3. The third-order valence-electron chi connectivity index (χ3n) is 3.52. The van der Waals surface area contributed by atoms with E-state index in [9.17, 15) is 4.79 Å². The number of Topliss-reactive ketones (excluding diaryl/α,β-unsaturated/α-hetero) is 1. The second kappa shape index (κ2) is 7.61. The molecule has 4 nitrogen and oxygen atoms in total. The van der Waals surface area contributed by atoms with Crippen molar-refractivity contribution in [2.75, 3.05) is 14.2 Å². The zero-order chi connectivity index (χ0) is 15.9. The molecule has 0 aliphatic rings. The number of methoxy groups -OCH3 is 2. The molecule has 0 aromatic heterocycles. The van der Waals surface area contributed by atoms with Gasteiger partial charge in [0, 0.05) is 6.54 Å². The van der Waals surface area contributed by atoms with E-state index in [0.29, 0.717) is 23.6 Å². The van der Waals surface area contributed by atoms with E-state index in [-0.39, 0.29) is 11.8 Å². The summed E-state index contributed by atoms with van der Waals surface area (Å²) in [5.74, 6) is 1.17. The molecule has 4 heteroatoms. The van der Waals surface area contributed by atoms with E-state index in [0.717, 1.165) is 5.56 Å². The van der Waals surface area contributed by atoms with Gasteiger partial charge in [-0.05, 0) is 30.7 Å². The molecule has 0 aliphatic carbocycles. The van der Waals surface area contributed by atoms with Crippen LogP contribution in [0.4, 0.5) is 0 Å². The molecule has 1 unspecified atom stereocenters. The molecule has 2 rings (SSSR count). The molecule has 1 N–H and O–H groups in total. The van der Waals surface area contributed by atoms with Crippen LogP contribution in [0.5, 0.6) is 11.5 Å². The third kappa shape index (κ3) is 3.86. The summed E-state index contributed by atoms with van der Waals surface area (Å²) in [6.45, 7) is 2.49. The smallest absolute Gasteiger partial charge is 0.183 e. The third-order valence-corrected chi connectivity index (χ3v) is 3.52. The van der Waals surface area contributed by atoms with Crippen molar-refractivity contribution in [1.82, 2.24) is 5.32 Å². The monoisotopic (exact) mass is 299 g/mol. The Morgan fingerprint density at radius 1 is 1.09 bits per heavy atom. The van der Waals surface area contributed by atoms with Crippen molar-refractivity contribution in [3.8, 4) is 11.5 Å². The van der Waals surface area contributed by atoms with Gasteiger partial charge in [-0.1, -0.05) is 30.3 Å². The molecule has 0 aliphatic heterocycles. The van der Waals surface area contributed by atoms with E-state index in [4.69, 9.17) is 9.47 Å². The molecular formula is C18H21NO3. The van der Waals surface area contributed by atoms with Gasteiger partial charge in [0.05, 0.1) is 25.8 Å². The largest absolute Gasteiger partial charge is 0.497 e. The Hall–Kier alpha value is -2.33. The first-order valence-corrected chi connectivity index (χ1v) is 7.19. The summed E-state index contributed by atoms with van der Waals surface area (Å²) in [5, 5.41) is 3.24. The molecular weight excluding hydrogens is 278 g/mol. The molecule has 0 bridgehead atoms. The highest BCUT2D eigenvalue weighted by Crippen LogP contribution is 2.25. The number of hydrogen-bond acceptors (Lipinski definition) is 4. The van der Waals surface area contributed by atoms with Gasteiger partial charge in [0.1, 0.15) is 11.5 Å². The summed E-state index contributed by atoms with van der Waals surface area (Å²) in [6, 6.07) is 14.9. The first-order chi connectivity index (χ1) is 10.7. The van der Waals surface area contributed by atoms with Crippen molar-refractivity contribution >= 4 is 5.78 Å². The molecule has 2 aromatic carbocycles. The van der Waals surface area contributed by atoms with E-state index >= 15 is 0 Å². The number of nitrogens with one attached hydrogen (secondary N) is 1. The number of carbonyl (C=O) groups is 1. The first kappa shape index (κ1) is 16.0. The van der Waals surface area contributed by atoms with Gasteiger partial charge in [0.25, 0.3) is 0 Å². The van der Waals surface area contributed by atoms with Crippen molar-refractivity contribution in [3.05, 3.63) is 59.7 Å². The zero-order valence-corrected chi connectivity index (χ0v) is 13.1. The van der Waals surface area contributed by atoms with Gasteiger partial charge in [-0.3, -0.25) is 4.79 Å². The van der Waals surface area contributed by atoms with E-state index in [1.807, 2.05) is 37.3 Å². The number of ketones is 1. The number of benzene rings is 2. The Labute approximate surface area is 131 Å². The lowest BCUT2D eigenvalue weighted by molar-refractivity contribution is 0.0947. The molecule has 0 radical (unpaired) electrons. The maximum atomic E-state index is 12.6. The summed E-state index contributed by atoms with van der Waals surface area (Å²) < 4.78 is 10.5. The van der Waals surface area contributed by atoms with Gasteiger partial charge in [0.2, 0.25) is 0 Å². The van der Waals surface area contributed by atoms with E-state index in [1.165, 1.54) is 0 Å². The lowest BCUT2D eigenvalue weighted by Crippen LogP contribution is -2.33. The Balaban J connectivity index is 2.09. The maximum Gasteiger partial charge on any atom is 0.183 e. The van der Waals surface area contributed by atoms with Crippen LogP contribution in [0.2, 0.25) is 0 Å². The average molecular weight is 299 g/mol. The predicted octanol–water partition coefficient (Wildman–Crippen LogP) is 3.06. The highest BCUT2D eigenvalue weighted by atomic mass is 16.5. The number of carbonyl (C=O) groups excluding carboxylic acids is 1. The maximum absolute atomic E-state index is 12.6. The SMILES string of the molecule is COc1ccc(OC)c(C(=O)C(C)NCc2ccccc2)c1. The van der Waals surface area contributed by atoms with Gasteiger partial charge in [-0.15, -0.1) is 0 Å². The van der Waals surface area contributed by atoms with Crippen LogP contribution >= 0.6 is 0 Å². The molecule has 116 valence electrons. The highest BCUT2D eigenvalue weighted by molar-refractivity contribution is 6.02. The predicted molar refractivity (Wildman–Crippen MR) is 86.6 cm³/mol. The van der Waals surface area contributed by atoms with Crippen LogP contribution in [0, 0.1) is 0 Å². The second-order valence-corrected chi connectivity index (χ2v) is 5.02. The molecule has 0 spiro atoms. The Morgan fingerprint density at radius 3 is 2.45 bits per heavy atom. The van der Waals surface area contributed by atoms with Crippen LogP contribution < -0.4 is 14.8 Å². The van der Waals surface area contributed by atoms with Crippen molar-refractivity contribution in [2.45, 2.75) is 19.5 Å². The van der Waals surface area contributed by atoms with Gasteiger partial charge in [0.15, 0.2) is 5.78 Å². The van der Waals surface area contributed by atoms with Crippen LogP contribution in [0.3, 0.4) is 0 Å². The summed E-state index contributed by atoms with van der Waals surface area (Å²) in [5.41, 5.74) is 1.66. The topological polar surface area (TPSA) is 47.6 Å². The van der Waals surface area contributed by atoms with Gasteiger partial charge >= 0.3 is 0 Å². The second-order valence-electron chi connectivity index (χ2n) is 5.02. The van der Waals surface area contributed by atoms with Gasteiger partial charge in [-0.25, -0.2) is 0 Å². The average Bonchev–Trinajstić information content (AvgIpc) is 2.59. The molecule has 0 saturated heterocycles. The molecule has 2 aromatic rings. The van der Waals surface area contributed by atoms with E-state index < -0.39 is 0 Å². The lowest BCUT2D eigenvalue weighted by Gasteiger charge is -2.15. The zero-order valence-electron chi connectivity index (χ0n) is 13.1. The Morgan fingerprint density at radius 2 is 1.82 bits per heavy atom. The van der Waals surface area contributed by atoms with Crippen LogP contribution in [0.25, 0.3) is 0 Å². The Bertz CT molecular complexity index is 625. The molecule has 0 heterocycles. The van der Waals surface area contributed by atoms with E-state index in [1.54, 1.807) is 32.4 Å². The summed E-state index contributed by atoms with van der Waals surface area (Å²) >= 11 is 0. The van der Waals surface area contributed by atoms with Crippen LogP contribution in [-0.2, 0) is 6.54 Å². The fraction of sp³-hybridized carbons (Fsp3) is 0.278. The van der Waals surface area contributed by atoms with Gasteiger partial charge < -0.3 is 14.8 Å². The fourth-order valence-corrected chi connectivity index (χ4v) is 2.20. The summed E-state index contributed by atoms with van der Waals surface area (Å²) in [7, 11) is 3.13. The minimum Gasteiger partial charge on any atom is -0.497 e. The quantitative estimate of drug-likeness (QED) is 0.798. The molecule has 0 fully saturated rings. The van der Waals surface area contributed by atoms with Crippen LogP contribution in [-0.4, -0.2) is 26.0 Å². The summed E-state index contributed by atoms with van der Waals surface area (Å²) in [6.07, 6.45) is 0. The van der Waals surface area contributed by atoms with Crippen LogP contribution in [0.1, 0.15) is 22.8 Å². The normalized spacial score (nSPS) is 11.8. The minimum absolute atomic E-state index is 0.0216. The van der Waals surface area contributed by atoms with Crippen molar-refractivity contribution in [1.29, 1.82) is 0 Å². The van der Waals surface area contributed by atoms with Crippen LogP contribution in [0.15, 0.2) is 48.5 Å².